The van der Waals surface area contributed by atoms with Crippen LogP contribution in [-0.4, -0.2) is 50.8 Å². The second-order valence-corrected chi connectivity index (χ2v) is 7.90. The maximum Gasteiger partial charge on any atom is 0.253 e. The summed E-state index contributed by atoms with van der Waals surface area (Å²) in [5.41, 5.74) is 2.42. The average molecular weight is 424 g/mol. The third kappa shape index (κ3) is 6.18. The first kappa shape index (κ1) is 21.6. The van der Waals surface area contributed by atoms with Gasteiger partial charge >= 0.3 is 0 Å². The van der Waals surface area contributed by atoms with Crippen molar-refractivity contribution < 1.29 is 9.59 Å². The Morgan fingerprint density at radius 2 is 1.93 bits per heavy atom. The predicted octanol–water partition coefficient (Wildman–Crippen LogP) is 3.25. The van der Waals surface area contributed by atoms with E-state index in [-0.39, 0.29) is 17.6 Å². The summed E-state index contributed by atoms with van der Waals surface area (Å²) in [6, 6.07) is 17.3. The number of hydrogen-bond donors (Lipinski definition) is 1. The normalized spacial score (nSPS) is 10.6. The monoisotopic (exact) mass is 423 g/mol. The summed E-state index contributed by atoms with van der Waals surface area (Å²) < 4.78 is 1.75. The summed E-state index contributed by atoms with van der Waals surface area (Å²) >= 11 is 1.31. The lowest BCUT2D eigenvalue weighted by Crippen LogP contribution is -2.28. The molecule has 3 rings (SSSR count). The van der Waals surface area contributed by atoms with Gasteiger partial charge in [0.1, 0.15) is 6.33 Å². The zero-order valence-corrected chi connectivity index (χ0v) is 17.9. The molecule has 0 atom stereocenters. The molecule has 0 saturated heterocycles. The van der Waals surface area contributed by atoms with Crippen molar-refractivity contribution in [2.75, 3.05) is 24.7 Å². The first-order valence-electron chi connectivity index (χ1n) is 9.69. The molecule has 0 unspecified atom stereocenters. The lowest BCUT2D eigenvalue weighted by Gasteiger charge is -2.17. The van der Waals surface area contributed by atoms with Crippen LogP contribution in [0.25, 0.3) is 0 Å². The molecule has 0 aliphatic rings. The van der Waals surface area contributed by atoms with Crippen molar-refractivity contribution in [1.29, 1.82) is 0 Å². The summed E-state index contributed by atoms with van der Waals surface area (Å²) in [5, 5.41) is 11.2. The molecule has 30 heavy (non-hydrogen) atoms. The lowest BCUT2D eigenvalue weighted by atomic mass is 10.1. The summed E-state index contributed by atoms with van der Waals surface area (Å²) in [6.07, 6.45) is 3.41. The molecule has 8 heteroatoms. The number of aryl methyl sites for hydroxylation is 2. The van der Waals surface area contributed by atoms with Gasteiger partial charge in [0.2, 0.25) is 5.91 Å². The van der Waals surface area contributed by atoms with Gasteiger partial charge in [0, 0.05) is 31.9 Å². The highest BCUT2D eigenvalue weighted by Gasteiger charge is 2.13. The maximum absolute atomic E-state index is 12.7. The fourth-order valence-corrected chi connectivity index (χ4v) is 3.64. The van der Waals surface area contributed by atoms with Gasteiger partial charge in [-0.3, -0.25) is 9.59 Å². The quantitative estimate of drug-likeness (QED) is 0.535. The molecule has 1 heterocycles. The molecule has 0 aliphatic heterocycles. The van der Waals surface area contributed by atoms with Crippen LogP contribution in [0.5, 0.6) is 0 Å². The van der Waals surface area contributed by atoms with E-state index in [4.69, 9.17) is 0 Å². The van der Waals surface area contributed by atoms with Crippen LogP contribution < -0.4 is 5.32 Å². The van der Waals surface area contributed by atoms with Gasteiger partial charge in [-0.25, -0.2) is 0 Å². The molecule has 0 bridgehead atoms. The highest BCUT2D eigenvalue weighted by atomic mass is 32.2. The summed E-state index contributed by atoms with van der Waals surface area (Å²) in [7, 11) is 3.63. The van der Waals surface area contributed by atoms with Crippen molar-refractivity contribution in [2.24, 2.45) is 7.05 Å². The number of benzene rings is 2. The highest BCUT2D eigenvalue weighted by Crippen LogP contribution is 2.16. The topological polar surface area (TPSA) is 80.1 Å². The Bertz CT molecular complexity index is 990. The van der Waals surface area contributed by atoms with E-state index in [9.17, 15) is 9.59 Å². The second-order valence-electron chi connectivity index (χ2n) is 6.96. The van der Waals surface area contributed by atoms with E-state index in [0.717, 1.165) is 12.8 Å². The molecule has 1 aromatic heterocycles. The van der Waals surface area contributed by atoms with Crippen LogP contribution in [0, 0.1) is 0 Å². The standard InChI is InChI=1S/C22H25N5O2S/c1-26(13-7-10-17-8-4-3-5-9-17)21(29)18-11-6-12-19(14-18)24-20(28)15-30-22-25-23-16-27(22)2/h3-6,8-9,11-12,14,16H,7,10,13,15H2,1-2H3,(H,24,28). The van der Waals surface area contributed by atoms with Gasteiger partial charge in [-0.1, -0.05) is 48.2 Å². The molecule has 2 amide bonds. The minimum atomic E-state index is -0.163. The number of aromatic nitrogens is 3. The smallest absolute Gasteiger partial charge is 0.253 e. The Labute approximate surface area is 180 Å². The molecule has 7 nitrogen and oxygen atoms in total. The molecular weight excluding hydrogens is 398 g/mol. The van der Waals surface area contributed by atoms with Crippen LogP contribution in [-0.2, 0) is 18.3 Å². The van der Waals surface area contributed by atoms with E-state index in [0.29, 0.717) is 23.0 Å². The number of hydrogen-bond acceptors (Lipinski definition) is 5. The third-order valence-electron chi connectivity index (χ3n) is 4.54. The lowest BCUT2D eigenvalue weighted by molar-refractivity contribution is -0.113. The average Bonchev–Trinajstić information content (AvgIpc) is 3.17. The van der Waals surface area contributed by atoms with E-state index in [2.05, 4.69) is 27.6 Å². The number of carbonyl (C=O) groups excluding carboxylic acids is 2. The number of amides is 2. The van der Waals surface area contributed by atoms with Crippen molar-refractivity contribution in [3.8, 4) is 0 Å². The van der Waals surface area contributed by atoms with Gasteiger partial charge in [0.25, 0.3) is 5.91 Å². The number of nitrogens with zero attached hydrogens (tertiary/aromatic N) is 4. The Morgan fingerprint density at radius 1 is 1.13 bits per heavy atom. The van der Waals surface area contributed by atoms with Crippen molar-refractivity contribution in [3.05, 3.63) is 72.1 Å². The highest BCUT2D eigenvalue weighted by molar-refractivity contribution is 7.99. The van der Waals surface area contributed by atoms with Crippen LogP contribution in [0.15, 0.2) is 66.1 Å². The minimum absolute atomic E-state index is 0.0624. The van der Waals surface area contributed by atoms with Gasteiger partial charge in [-0.2, -0.15) is 0 Å². The number of anilines is 1. The molecule has 3 aromatic rings. The third-order valence-corrected chi connectivity index (χ3v) is 5.58. The van der Waals surface area contributed by atoms with Crippen molar-refractivity contribution in [3.63, 3.8) is 0 Å². The van der Waals surface area contributed by atoms with Gasteiger partial charge < -0.3 is 14.8 Å². The van der Waals surface area contributed by atoms with Crippen molar-refractivity contribution in [1.82, 2.24) is 19.7 Å². The summed E-state index contributed by atoms with van der Waals surface area (Å²) in [5.74, 6) is -0.0131. The predicted molar refractivity (Wildman–Crippen MR) is 119 cm³/mol. The van der Waals surface area contributed by atoms with Gasteiger partial charge in [0.15, 0.2) is 5.16 Å². The van der Waals surface area contributed by atoms with Crippen LogP contribution in [0.4, 0.5) is 5.69 Å². The van der Waals surface area contributed by atoms with Crippen molar-refractivity contribution >= 4 is 29.3 Å². The SMILES string of the molecule is CN(CCCc1ccccc1)C(=O)c1cccc(NC(=O)CSc2nncn2C)c1. The molecular formula is C22H25N5O2S. The van der Waals surface area contributed by atoms with Crippen molar-refractivity contribution in [2.45, 2.75) is 18.0 Å². The van der Waals surface area contributed by atoms with E-state index < -0.39 is 0 Å². The van der Waals surface area contributed by atoms with Crippen LogP contribution in [0.2, 0.25) is 0 Å². The van der Waals surface area contributed by atoms with Crippen LogP contribution >= 0.6 is 11.8 Å². The summed E-state index contributed by atoms with van der Waals surface area (Å²) in [6.45, 7) is 0.665. The van der Waals surface area contributed by atoms with Crippen LogP contribution in [0.1, 0.15) is 22.3 Å². The number of carbonyl (C=O) groups is 2. The molecule has 0 fully saturated rings. The number of rotatable bonds is 9. The first-order chi connectivity index (χ1) is 14.5. The number of thioether (sulfide) groups is 1. The fourth-order valence-electron chi connectivity index (χ4n) is 2.95. The zero-order chi connectivity index (χ0) is 21.3. The first-order valence-corrected chi connectivity index (χ1v) is 10.7. The van der Waals surface area contributed by atoms with Crippen LogP contribution in [0.3, 0.4) is 0 Å². The molecule has 0 radical (unpaired) electrons. The largest absolute Gasteiger partial charge is 0.342 e. The Hall–Kier alpha value is -3.13. The number of nitrogens with one attached hydrogen (secondary N) is 1. The van der Waals surface area contributed by atoms with Gasteiger partial charge in [-0.15, -0.1) is 10.2 Å². The molecule has 0 aliphatic carbocycles. The zero-order valence-electron chi connectivity index (χ0n) is 17.1. The van der Waals surface area contributed by atoms with E-state index >= 15 is 0 Å². The van der Waals surface area contributed by atoms with Gasteiger partial charge in [0.05, 0.1) is 5.75 Å². The molecule has 2 aromatic carbocycles. The summed E-state index contributed by atoms with van der Waals surface area (Å²) in [4.78, 5) is 26.7. The maximum atomic E-state index is 12.7. The second kappa shape index (κ2) is 10.6. The molecule has 156 valence electrons. The van der Waals surface area contributed by atoms with E-state index in [1.165, 1.54) is 17.3 Å². The molecule has 0 saturated carbocycles. The Morgan fingerprint density at radius 3 is 2.67 bits per heavy atom. The van der Waals surface area contributed by atoms with E-state index in [1.807, 2.05) is 25.2 Å². The minimum Gasteiger partial charge on any atom is -0.342 e. The molecule has 1 N–H and O–H groups in total. The Balaban J connectivity index is 1.50. The fraction of sp³-hybridized carbons (Fsp3) is 0.273. The van der Waals surface area contributed by atoms with E-state index in [1.54, 1.807) is 47.1 Å². The molecule has 0 spiro atoms. The Kier molecular flexibility index (Phi) is 7.62. The van der Waals surface area contributed by atoms with Gasteiger partial charge in [-0.05, 0) is 36.6 Å².